The minimum Gasteiger partial charge on any atom is -0.711 e. The first-order valence-corrected chi connectivity index (χ1v) is 4.43. The summed E-state index contributed by atoms with van der Waals surface area (Å²) in [5.74, 6) is -0.481. The number of methoxy groups -OCH3 is 1. The Labute approximate surface area is 85.9 Å². The molecule has 0 atom stereocenters. The highest BCUT2D eigenvalue weighted by molar-refractivity contribution is 5.93. The van der Waals surface area contributed by atoms with Crippen LogP contribution in [0.4, 0.5) is 0 Å². The van der Waals surface area contributed by atoms with Crippen molar-refractivity contribution in [3.05, 3.63) is 34.8 Å². The second kappa shape index (κ2) is 3.27. The number of fused-ring (bicyclic) bond motifs is 1. The maximum atomic E-state index is 11.4. The summed E-state index contributed by atoms with van der Waals surface area (Å²) in [6.07, 6.45) is 1.40. The van der Waals surface area contributed by atoms with Crippen molar-refractivity contribution in [2.75, 3.05) is 7.11 Å². The second-order valence-electron chi connectivity index (χ2n) is 3.26. The third-order valence-electron chi connectivity index (χ3n) is 2.31. The number of nitrogens with zero attached hydrogens (tertiary/aromatic N) is 1. The van der Waals surface area contributed by atoms with E-state index in [2.05, 4.69) is 9.72 Å². The monoisotopic (exact) mass is 206 g/mol. The van der Waals surface area contributed by atoms with Gasteiger partial charge in [0.05, 0.1) is 18.7 Å². The average molecular weight is 206 g/mol. The maximum Gasteiger partial charge on any atom is 0.378 e. The van der Waals surface area contributed by atoms with Crippen LogP contribution < -0.4 is 4.73 Å². The first kappa shape index (κ1) is 9.51. The van der Waals surface area contributed by atoms with E-state index >= 15 is 0 Å². The summed E-state index contributed by atoms with van der Waals surface area (Å²) in [4.78, 5) is 14.0. The van der Waals surface area contributed by atoms with Gasteiger partial charge in [0.25, 0.3) is 5.65 Å². The number of aromatic nitrogens is 2. The lowest BCUT2D eigenvalue weighted by Gasteiger charge is -2.02. The molecule has 78 valence electrons. The molecule has 0 saturated heterocycles. The summed E-state index contributed by atoms with van der Waals surface area (Å²) in [7, 11) is 1.30. The van der Waals surface area contributed by atoms with Gasteiger partial charge in [0, 0.05) is 6.07 Å². The number of H-pyrrole nitrogens is 1. The molecule has 0 unspecified atom stereocenters. The Morgan fingerprint density at radius 1 is 1.60 bits per heavy atom. The first-order chi connectivity index (χ1) is 7.13. The number of pyridine rings is 1. The lowest BCUT2D eigenvalue weighted by atomic mass is 10.2. The number of carbonyl (C=O) groups is 1. The molecule has 0 bridgehead atoms. The van der Waals surface area contributed by atoms with Crippen LogP contribution >= 0.6 is 0 Å². The van der Waals surface area contributed by atoms with Crippen LogP contribution in [0.1, 0.15) is 16.1 Å². The largest absolute Gasteiger partial charge is 0.711 e. The van der Waals surface area contributed by atoms with Crippen molar-refractivity contribution in [3.63, 3.8) is 0 Å². The van der Waals surface area contributed by atoms with E-state index in [1.54, 1.807) is 12.1 Å². The summed E-state index contributed by atoms with van der Waals surface area (Å²) >= 11 is 0. The number of hydrogen-bond donors (Lipinski definition) is 1. The number of nitrogens with one attached hydrogen (secondary N) is 1. The van der Waals surface area contributed by atoms with Crippen molar-refractivity contribution < 1.29 is 14.3 Å². The zero-order valence-electron chi connectivity index (χ0n) is 8.40. The van der Waals surface area contributed by atoms with Gasteiger partial charge in [-0.2, -0.15) is 0 Å². The van der Waals surface area contributed by atoms with E-state index in [0.717, 1.165) is 10.9 Å². The van der Waals surface area contributed by atoms with Crippen LogP contribution in [0.3, 0.4) is 0 Å². The highest BCUT2D eigenvalue weighted by atomic mass is 16.5. The smallest absolute Gasteiger partial charge is 0.378 e. The van der Waals surface area contributed by atoms with Crippen LogP contribution in [0, 0.1) is 12.1 Å². The molecule has 0 aliphatic heterocycles. The van der Waals surface area contributed by atoms with Gasteiger partial charge in [-0.05, 0) is 18.6 Å². The van der Waals surface area contributed by atoms with Gasteiger partial charge in [-0.3, -0.25) is 0 Å². The van der Waals surface area contributed by atoms with Crippen LogP contribution in [0.15, 0.2) is 18.3 Å². The molecule has 0 fully saturated rings. The fourth-order valence-corrected chi connectivity index (χ4v) is 1.48. The topological polar surface area (TPSA) is 69.0 Å². The van der Waals surface area contributed by atoms with Gasteiger partial charge in [0.15, 0.2) is 0 Å². The van der Waals surface area contributed by atoms with E-state index in [1.165, 1.54) is 13.3 Å². The minimum atomic E-state index is -0.481. The van der Waals surface area contributed by atoms with E-state index in [-0.39, 0.29) is 5.69 Å². The van der Waals surface area contributed by atoms with Crippen LogP contribution in [0.5, 0.6) is 0 Å². The Morgan fingerprint density at radius 2 is 2.33 bits per heavy atom. The second-order valence-corrected chi connectivity index (χ2v) is 3.26. The molecule has 0 aliphatic carbocycles. The Bertz CT molecular complexity index is 492. The van der Waals surface area contributed by atoms with Gasteiger partial charge in [-0.15, -0.1) is 0 Å². The van der Waals surface area contributed by atoms with Gasteiger partial charge in [0.1, 0.15) is 0 Å². The van der Waals surface area contributed by atoms with Crippen LogP contribution in [0.25, 0.3) is 11.0 Å². The van der Waals surface area contributed by atoms with Crippen molar-refractivity contribution in [1.82, 2.24) is 4.98 Å². The average Bonchev–Trinajstić information content (AvgIpc) is 2.68. The van der Waals surface area contributed by atoms with E-state index in [0.29, 0.717) is 10.4 Å². The van der Waals surface area contributed by atoms with Crippen molar-refractivity contribution >= 4 is 17.0 Å². The van der Waals surface area contributed by atoms with Crippen LogP contribution in [-0.4, -0.2) is 18.1 Å². The molecule has 2 aromatic rings. The summed E-state index contributed by atoms with van der Waals surface area (Å²) in [5, 5.41) is 12.1. The molecule has 2 aromatic heterocycles. The number of aryl methyl sites for hydroxylation is 1. The molecular formula is C10H10N2O3. The molecule has 5 nitrogen and oxygen atoms in total. The summed E-state index contributed by atoms with van der Waals surface area (Å²) < 4.78 is 5.25. The predicted molar refractivity (Wildman–Crippen MR) is 53.3 cm³/mol. The Balaban J connectivity index is 2.70. The van der Waals surface area contributed by atoms with Gasteiger partial charge in [-0.1, -0.05) is 0 Å². The van der Waals surface area contributed by atoms with Crippen LogP contribution in [-0.2, 0) is 4.74 Å². The number of ether oxygens (including phenoxy) is 1. The lowest BCUT2D eigenvalue weighted by molar-refractivity contribution is -0.579. The third-order valence-corrected chi connectivity index (χ3v) is 2.31. The fourth-order valence-electron chi connectivity index (χ4n) is 1.48. The molecule has 0 radical (unpaired) electrons. The predicted octanol–water partition coefficient (Wildman–Crippen LogP) is 0.896. The van der Waals surface area contributed by atoms with E-state index < -0.39 is 5.97 Å². The number of carbonyl (C=O) groups excluding carboxylic acids is 1. The molecule has 0 aromatic carbocycles. The fraction of sp³-hybridized carbons (Fsp3) is 0.200. The molecule has 0 spiro atoms. The molecule has 2 rings (SSSR count). The quantitative estimate of drug-likeness (QED) is 0.428. The summed E-state index contributed by atoms with van der Waals surface area (Å²) in [6.45, 7) is 1.87. The normalized spacial score (nSPS) is 10.5. The van der Waals surface area contributed by atoms with Gasteiger partial charge < -0.3 is 9.94 Å². The Morgan fingerprint density at radius 3 is 2.93 bits per heavy atom. The van der Waals surface area contributed by atoms with Crippen molar-refractivity contribution in [3.8, 4) is 0 Å². The molecule has 15 heavy (non-hydrogen) atoms. The number of esters is 1. The van der Waals surface area contributed by atoms with Crippen molar-refractivity contribution in [2.45, 2.75) is 6.92 Å². The van der Waals surface area contributed by atoms with Crippen molar-refractivity contribution in [2.24, 2.45) is 0 Å². The molecular weight excluding hydrogens is 196 g/mol. The highest BCUT2D eigenvalue weighted by Gasteiger charge is 2.17. The van der Waals surface area contributed by atoms with Gasteiger partial charge in [-0.25, -0.2) is 14.5 Å². The van der Waals surface area contributed by atoms with Crippen LogP contribution in [0.2, 0.25) is 0 Å². The van der Waals surface area contributed by atoms with E-state index in [1.807, 2.05) is 6.92 Å². The minimum absolute atomic E-state index is 0.284. The molecule has 0 saturated carbocycles. The number of rotatable bonds is 1. The molecule has 5 heteroatoms. The molecule has 1 N–H and O–H groups in total. The zero-order valence-corrected chi connectivity index (χ0v) is 8.40. The Kier molecular flexibility index (Phi) is 2.07. The highest BCUT2D eigenvalue weighted by Crippen LogP contribution is 2.16. The Hall–Kier alpha value is -2.04. The van der Waals surface area contributed by atoms with Gasteiger partial charge >= 0.3 is 5.97 Å². The molecule has 2 heterocycles. The van der Waals surface area contributed by atoms with E-state index in [9.17, 15) is 10.0 Å². The molecule has 0 aliphatic rings. The SMILES string of the molecule is COC(=O)c1cc2c(C)cc[n+]([O-])c2[nH]1. The summed E-state index contributed by atoms with van der Waals surface area (Å²) in [6, 6.07) is 3.31. The number of hydrogen-bond acceptors (Lipinski definition) is 3. The first-order valence-electron chi connectivity index (χ1n) is 4.43. The van der Waals surface area contributed by atoms with Gasteiger partial charge in [0.2, 0.25) is 5.69 Å². The zero-order chi connectivity index (χ0) is 11.0. The van der Waals surface area contributed by atoms with E-state index in [4.69, 9.17) is 0 Å². The number of aromatic amines is 1. The standard InChI is InChI=1S/C10H10N2O3/c1-6-3-4-12(14)9-7(6)5-8(11-9)10(13)15-2/h3-5,11H,1-2H3. The molecule has 0 amide bonds. The third kappa shape index (κ3) is 1.41. The summed E-state index contributed by atoms with van der Waals surface area (Å²) in [5.41, 5.74) is 1.59. The maximum absolute atomic E-state index is 11.4. The van der Waals surface area contributed by atoms with Crippen molar-refractivity contribution in [1.29, 1.82) is 0 Å². The lowest BCUT2D eigenvalue weighted by Crippen LogP contribution is -2.26.